The fourth-order valence-corrected chi connectivity index (χ4v) is 2.30. The van der Waals surface area contributed by atoms with Crippen LogP contribution >= 0.6 is 0 Å². The normalized spacial score (nSPS) is 10.7. The lowest BCUT2D eigenvalue weighted by molar-refractivity contribution is 0.0520. The van der Waals surface area contributed by atoms with Gasteiger partial charge in [0.05, 0.1) is 18.2 Å². The summed E-state index contributed by atoms with van der Waals surface area (Å²) in [5, 5.41) is 11.3. The highest BCUT2D eigenvalue weighted by Crippen LogP contribution is 2.27. The van der Waals surface area contributed by atoms with Crippen LogP contribution in [0.15, 0.2) is 42.5 Å². The second-order valence-electron chi connectivity index (χ2n) is 6.77. The van der Waals surface area contributed by atoms with E-state index in [4.69, 9.17) is 15.7 Å². The number of hydrogen-bond donors (Lipinski definition) is 2. The fourth-order valence-electron chi connectivity index (χ4n) is 2.30. The van der Waals surface area contributed by atoms with Crippen LogP contribution in [-0.4, -0.2) is 24.0 Å². The maximum absolute atomic E-state index is 12.2. The van der Waals surface area contributed by atoms with Gasteiger partial charge in [0.1, 0.15) is 5.60 Å². The van der Waals surface area contributed by atoms with E-state index in [2.05, 4.69) is 5.32 Å². The Kier molecular flexibility index (Phi) is 5.63. The molecule has 6 nitrogen and oxygen atoms in total. The van der Waals surface area contributed by atoms with Crippen molar-refractivity contribution in [1.29, 1.82) is 5.26 Å². The number of ketones is 1. The number of hydrogen-bond acceptors (Lipinski definition) is 5. The zero-order valence-corrected chi connectivity index (χ0v) is 15.0. The summed E-state index contributed by atoms with van der Waals surface area (Å²) in [7, 11) is 0. The molecule has 0 aliphatic heterocycles. The van der Waals surface area contributed by atoms with E-state index < -0.39 is 11.7 Å². The van der Waals surface area contributed by atoms with E-state index in [9.17, 15) is 9.59 Å². The maximum atomic E-state index is 12.2. The van der Waals surface area contributed by atoms with Crippen LogP contribution in [0.1, 0.15) is 36.7 Å². The smallest absolute Gasteiger partial charge is 0.408 e. The number of carbonyl (C=O) groups excluding carboxylic acids is 2. The second kappa shape index (κ2) is 7.70. The summed E-state index contributed by atoms with van der Waals surface area (Å²) in [6.45, 7) is 5.11. The number of anilines is 1. The first-order chi connectivity index (χ1) is 12.2. The monoisotopic (exact) mass is 351 g/mol. The van der Waals surface area contributed by atoms with Gasteiger partial charge in [0, 0.05) is 16.8 Å². The molecule has 3 N–H and O–H groups in total. The number of nitriles is 1. The summed E-state index contributed by atoms with van der Waals surface area (Å²) in [4.78, 5) is 23.8. The third-order valence-corrected chi connectivity index (χ3v) is 3.49. The highest BCUT2D eigenvalue weighted by molar-refractivity contribution is 5.99. The fraction of sp³-hybridized carbons (Fsp3) is 0.250. The van der Waals surface area contributed by atoms with Gasteiger partial charge >= 0.3 is 6.09 Å². The first kappa shape index (κ1) is 19.0. The van der Waals surface area contributed by atoms with Gasteiger partial charge in [-0.3, -0.25) is 4.79 Å². The van der Waals surface area contributed by atoms with Crippen molar-refractivity contribution >= 4 is 17.6 Å². The van der Waals surface area contributed by atoms with E-state index in [1.54, 1.807) is 63.2 Å². The minimum atomic E-state index is -0.632. The molecule has 0 saturated heterocycles. The molecule has 0 aliphatic carbocycles. The number of Topliss-reactive ketones (excluding diaryl/α,β-unsaturated/α-hetero) is 1. The number of amides is 1. The van der Waals surface area contributed by atoms with Crippen LogP contribution in [-0.2, 0) is 4.74 Å². The van der Waals surface area contributed by atoms with E-state index >= 15 is 0 Å². The quantitative estimate of drug-likeness (QED) is 0.648. The van der Waals surface area contributed by atoms with Crippen molar-refractivity contribution in [3.05, 3.63) is 53.6 Å². The Bertz CT molecular complexity index is 859. The van der Waals surface area contributed by atoms with Crippen LogP contribution in [0.25, 0.3) is 11.1 Å². The van der Waals surface area contributed by atoms with Crippen LogP contribution in [0.4, 0.5) is 10.5 Å². The number of nitrogens with zero attached hydrogens (tertiary/aromatic N) is 1. The number of rotatable bonds is 4. The average molecular weight is 351 g/mol. The highest BCUT2D eigenvalue weighted by Gasteiger charge is 2.17. The number of ether oxygens (including phenoxy) is 1. The molecule has 0 spiro atoms. The summed E-state index contributed by atoms with van der Waals surface area (Å²) in [6.07, 6.45) is -0.632. The van der Waals surface area contributed by atoms with Crippen LogP contribution in [0.3, 0.4) is 0 Å². The molecule has 0 heterocycles. The number of nitrogen functional groups attached to an aromatic ring is 1. The summed E-state index contributed by atoms with van der Waals surface area (Å²) in [6, 6.07) is 14.0. The SMILES string of the molecule is CC(C)(C)OC(=O)NCC(=O)c1ccc(-c2ccc(C#N)cc2N)cc1. The third kappa shape index (κ3) is 5.08. The summed E-state index contributed by atoms with van der Waals surface area (Å²) in [5.41, 5.74) is 8.44. The van der Waals surface area contributed by atoms with Crippen molar-refractivity contribution in [3.63, 3.8) is 0 Å². The van der Waals surface area contributed by atoms with Gasteiger partial charge in [0.2, 0.25) is 0 Å². The van der Waals surface area contributed by atoms with Crippen molar-refractivity contribution in [1.82, 2.24) is 5.32 Å². The van der Waals surface area contributed by atoms with Gasteiger partial charge in [0.15, 0.2) is 5.78 Å². The molecule has 26 heavy (non-hydrogen) atoms. The molecule has 134 valence electrons. The number of nitrogens with two attached hydrogens (primary N) is 1. The average Bonchev–Trinajstić information content (AvgIpc) is 2.58. The van der Waals surface area contributed by atoms with Crippen molar-refractivity contribution in [2.75, 3.05) is 12.3 Å². The molecule has 2 rings (SSSR count). The number of benzene rings is 2. The van der Waals surface area contributed by atoms with Crippen LogP contribution in [0, 0.1) is 11.3 Å². The Morgan fingerprint density at radius 1 is 1.15 bits per heavy atom. The standard InChI is InChI=1S/C20H21N3O3/c1-20(2,3)26-19(25)23-12-18(24)15-7-5-14(6-8-15)16-9-4-13(11-21)10-17(16)22/h4-10H,12,22H2,1-3H3,(H,23,25). The van der Waals surface area contributed by atoms with Crippen LogP contribution < -0.4 is 11.1 Å². The largest absolute Gasteiger partial charge is 0.444 e. The molecule has 6 heteroatoms. The van der Waals surface area contributed by atoms with E-state index in [0.29, 0.717) is 16.8 Å². The highest BCUT2D eigenvalue weighted by atomic mass is 16.6. The third-order valence-electron chi connectivity index (χ3n) is 3.49. The first-order valence-corrected chi connectivity index (χ1v) is 8.10. The first-order valence-electron chi connectivity index (χ1n) is 8.10. The Morgan fingerprint density at radius 3 is 2.35 bits per heavy atom. The molecule has 0 radical (unpaired) electrons. The molecule has 1 amide bonds. The molecular weight excluding hydrogens is 330 g/mol. The van der Waals surface area contributed by atoms with E-state index in [1.807, 2.05) is 6.07 Å². The molecular formula is C20H21N3O3. The predicted molar refractivity (Wildman–Crippen MR) is 99.6 cm³/mol. The van der Waals surface area contributed by atoms with Gasteiger partial charge in [-0.05, 0) is 38.5 Å². The number of carbonyl (C=O) groups is 2. The molecule has 0 fully saturated rings. The lowest BCUT2D eigenvalue weighted by atomic mass is 10.00. The molecule has 0 unspecified atom stereocenters. The van der Waals surface area contributed by atoms with Gasteiger partial charge in [-0.2, -0.15) is 5.26 Å². The topological polar surface area (TPSA) is 105 Å². The number of alkyl carbamates (subject to hydrolysis) is 1. The molecule has 0 saturated carbocycles. The zero-order valence-electron chi connectivity index (χ0n) is 15.0. The molecule has 0 aliphatic rings. The summed E-state index contributed by atoms with van der Waals surface area (Å²) < 4.78 is 5.09. The lowest BCUT2D eigenvalue weighted by Crippen LogP contribution is -2.35. The van der Waals surface area contributed by atoms with Gasteiger partial charge in [0.25, 0.3) is 0 Å². The van der Waals surface area contributed by atoms with E-state index in [1.165, 1.54) is 0 Å². The molecule has 0 bridgehead atoms. The van der Waals surface area contributed by atoms with Gasteiger partial charge in [-0.1, -0.05) is 30.3 Å². The van der Waals surface area contributed by atoms with Crippen LogP contribution in [0.5, 0.6) is 0 Å². The summed E-state index contributed by atoms with van der Waals surface area (Å²) >= 11 is 0. The molecule has 2 aromatic rings. The van der Waals surface area contributed by atoms with Gasteiger partial charge in [-0.15, -0.1) is 0 Å². The van der Waals surface area contributed by atoms with E-state index in [0.717, 1.165) is 11.1 Å². The van der Waals surface area contributed by atoms with Crippen molar-refractivity contribution < 1.29 is 14.3 Å². The lowest BCUT2D eigenvalue weighted by Gasteiger charge is -2.19. The zero-order chi connectivity index (χ0) is 19.3. The van der Waals surface area contributed by atoms with Crippen LogP contribution in [0.2, 0.25) is 0 Å². The number of nitrogens with one attached hydrogen (secondary N) is 1. The van der Waals surface area contributed by atoms with Gasteiger partial charge in [-0.25, -0.2) is 4.79 Å². The summed E-state index contributed by atoms with van der Waals surface area (Å²) in [5.74, 6) is -0.227. The molecule has 0 aromatic heterocycles. The Labute approximate surface area is 152 Å². The van der Waals surface area contributed by atoms with Crippen molar-refractivity contribution in [2.24, 2.45) is 0 Å². The van der Waals surface area contributed by atoms with Crippen molar-refractivity contribution in [2.45, 2.75) is 26.4 Å². The van der Waals surface area contributed by atoms with Gasteiger partial charge < -0.3 is 15.8 Å². The minimum Gasteiger partial charge on any atom is -0.444 e. The Morgan fingerprint density at radius 2 is 1.81 bits per heavy atom. The Balaban J connectivity index is 2.04. The van der Waals surface area contributed by atoms with Crippen molar-refractivity contribution in [3.8, 4) is 17.2 Å². The Hall–Kier alpha value is -3.33. The molecule has 2 aromatic carbocycles. The second-order valence-corrected chi connectivity index (χ2v) is 6.77. The van der Waals surface area contributed by atoms with E-state index in [-0.39, 0.29) is 12.3 Å². The molecule has 0 atom stereocenters. The predicted octanol–water partition coefficient (Wildman–Crippen LogP) is 3.51. The minimum absolute atomic E-state index is 0.146. The maximum Gasteiger partial charge on any atom is 0.408 e.